The molecule has 2 aromatic carbocycles. The summed E-state index contributed by atoms with van der Waals surface area (Å²) in [6.45, 7) is 6.06. The van der Waals surface area contributed by atoms with E-state index in [0.717, 1.165) is 22.2 Å². The van der Waals surface area contributed by atoms with Crippen LogP contribution in [0.25, 0.3) is 22.1 Å². The molecule has 0 aliphatic rings. The summed E-state index contributed by atoms with van der Waals surface area (Å²) in [6, 6.07) is 13.7. The molecule has 1 N–H and O–H groups in total. The number of benzene rings is 2. The van der Waals surface area contributed by atoms with Gasteiger partial charge in [0.05, 0.1) is 6.61 Å². The lowest BCUT2D eigenvalue weighted by Crippen LogP contribution is -2.11. The molecule has 6 nitrogen and oxygen atoms in total. The molecule has 0 spiro atoms. The van der Waals surface area contributed by atoms with Crippen LogP contribution in [0.5, 0.6) is 0 Å². The van der Waals surface area contributed by atoms with Crippen LogP contribution in [0.4, 0.5) is 11.5 Å². The van der Waals surface area contributed by atoms with Gasteiger partial charge in [0.2, 0.25) is 5.82 Å². The summed E-state index contributed by atoms with van der Waals surface area (Å²) >= 11 is 0. The van der Waals surface area contributed by atoms with Crippen molar-refractivity contribution in [3.63, 3.8) is 0 Å². The van der Waals surface area contributed by atoms with Gasteiger partial charge in [0.15, 0.2) is 11.4 Å². The normalized spacial score (nSPS) is 11.1. The van der Waals surface area contributed by atoms with Crippen LogP contribution in [0.1, 0.15) is 28.7 Å². The molecule has 0 aliphatic heterocycles. The number of hydrogen-bond acceptors (Lipinski definition) is 6. The molecule has 6 heteroatoms. The minimum atomic E-state index is -0.562. The summed E-state index contributed by atoms with van der Waals surface area (Å²) in [4.78, 5) is 21.0. The Balaban J connectivity index is 1.92. The number of ether oxygens (including phenoxy) is 1. The maximum Gasteiger partial charge on any atom is 0.376 e. The number of nitrogens with zero attached hydrogens (tertiary/aromatic N) is 2. The highest BCUT2D eigenvalue weighted by atomic mass is 16.5. The van der Waals surface area contributed by atoms with Crippen molar-refractivity contribution in [3.8, 4) is 0 Å². The fourth-order valence-corrected chi connectivity index (χ4v) is 3.15. The van der Waals surface area contributed by atoms with Crippen molar-refractivity contribution in [2.45, 2.75) is 20.8 Å². The van der Waals surface area contributed by atoms with Crippen molar-refractivity contribution in [2.24, 2.45) is 0 Å². The lowest BCUT2D eigenvalue weighted by molar-refractivity contribution is 0.0512. The predicted octanol–water partition coefficient (Wildman–Crippen LogP) is 4.91. The molecule has 2 aromatic heterocycles. The van der Waals surface area contributed by atoms with Crippen LogP contribution in [0.2, 0.25) is 0 Å². The molecule has 0 atom stereocenters. The molecule has 0 radical (unpaired) electrons. The van der Waals surface area contributed by atoms with E-state index < -0.39 is 5.97 Å². The first-order valence-corrected chi connectivity index (χ1v) is 8.77. The molecule has 0 bridgehead atoms. The molecule has 0 saturated heterocycles. The van der Waals surface area contributed by atoms with Crippen LogP contribution >= 0.6 is 0 Å². The third-order valence-electron chi connectivity index (χ3n) is 4.16. The molecule has 136 valence electrons. The smallest absolute Gasteiger partial charge is 0.376 e. The van der Waals surface area contributed by atoms with Crippen molar-refractivity contribution in [1.82, 2.24) is 9.97 Å². The minimum absolute atomic E-state index is 0.00257. The van der Waals surface area contributed by atoms with E-state index in [0.29, 0.717) is 22.5 Å². The first-order chi connectivity index (χ1) is 13.0. The quantitative estimate of drug-likeness (QED) is 0.520. The van der Waals surface area contributed by atoms with E-state index in [1.54, 1.807) is 6.92 Å². The molecule has 27 heavy (non-hydrogen) atoms. The van der Waals surface area contributed by atoms with Gasteiger partial charge in [0, 0.05) is 11.1 Å². The van der Waals surface area contributed by atoms with Gasteiger partial charge in [-0.1, -0.05) is 18.2 Å². The Morgan fingerprint density at radius 3 is 2.59 bits per heavy atom. The average Bonchev–Trinajstić information content (AvgIpc) is 3.00. The van der Waals surface area contributed by atoms with E-state index in [9.17, 15) is 4.79 Å². The number of anilines is 2. The Morgan fingerprint density at radius 2 is 1.85 bits per heavy atom. The van der Waals surface area contributed by atoms with Crippen molar-refractivity contribution in [1.29, 1.82) is 0 Å². The van der Waals surface area contributed by atoms with Gasteiger partial charge in [0.1, 0.15) is 11.1 Å². The van der Waals surface area contributed by atoms with E-state index in [4.69, 9.17) is 9.15 Å². The minimum Gasteiger partial charge on any atom is -0.460 e. The molecule has 2 heterocycles. The zero-order chi connectivity index (χ0) is 19.0. The molecular weight excluding hydrogens is 342 g/mol. The number of aromatic nitrogens is 2. The molecular formula is C21H19N3O3. The second-order valence-electron chi connectivity index (χ2n) is 6.39. The number of nitrogens with one attached hydrogen (secondary N) is 1. The number of hydrogen-bond donors (Lipinski definition) is 1. The van der Waals surface area contributed by atoms with Crippen LogP contribution in [-0.2, 0) is 4.74 Å². The summed E-state index contributed by atoms with van der Waals surface area (Å²) < 4.78 is 11.1. The zero-order valence-corrected chi connectivity index (χ0v) is 15.4. The van der Waals surface area contributed by atoms with Gasteiger partial charge in [-0.15, -0.1) is 0 Å². The largest absolute Gasteiger partial charge is 0.460 e. The molecule has 0 amide bonds. The number of rotatable bonds is 4. The number of carbonyl (C=O) groups is 1. The van der Waals surface area contributed by atoms with Crippen molar-refractivity contribution in [3.05, 3.63) is 59.4 Å². The Morgan fingerprint density at radius 1 is 1.11 bits per heavy atom. The second-order valence-corrected chi connectivity index (χ2v) is 6.39. The molecule has 0 unspecified atom stereocenters. The number of fused-ring (bicyclic) bond motifs is 3. The zero-order valence-electron chi connectivity index (χ0n) is 15.4. The summed E-state index contributed by atoms with van der Waals surface area (Å²) in [5.74, 6) is -0.125. The Labute approximate surface area is 156 Å². The van der Waals surface area contributed by atoms with E-state index >= 15 is 0 Å². The van der Waals surface area contributed by atoms with Gasteiger partial charge in [-0.25, -0.2) is 14.8 Å². The first-order valence-electron chi connectivity index (χ1n) is 8.77. The standard InChI is InChI=1S/C21H19N3O3/c1-4-26-21(25)20-23-17-15-7-5-6-8-16(15)27-18(17)19(24-20)22-14-10-12(2)9-13(3)11-14/h5-11H,4H2,1-3H3,(H,22,23,24). The van der Waals surface area contributed by atoms with Gasteiger partial charge in [0.25, 0.3) is 0 Å². The third kappa shape index (κ3) is 3.21. The van der Waals surface area contributed by atoms with Crippen LogP contribution in [0.15, 0.2) is 46.9 Å². The molecule has 0 saturated carbocycles. The lowest BCUT2D eigenvalue weighted by atomic mass is 10.1. The molecule has 0 aliphatic carbocycles. The van der Waals surface area contributed by atoms with E-state index in [2.05, 4.69) is 21.4 Å². The monoisotopic (exact) mass is 361 g/mol. The van der Waals surface area contributed by atoms with Crippen LogP contribution in [0, 0.1) is 13.8 Å². The highest BCUT2D eigenvalue weighted by Crippen LogP contribution is 2.33. The maximum absolute atomic E-state index is 12.3. The molecule has 0 fully saturated rings. The van der Waals surface area contributed by atoms with Gasteiger partial charge in [-0.3, -0.25) is 0 Å². The summed E-state index contributed by atoms with van der Waals surface area (Å²) in [5.41, 5.74) is 4.88. The van der Waals surface area contributed by atoms with Crippen LogP contribution in [0.3, 0.4) is 0 Å². The topological polar surface area (TPSA) is 77.2 Å². The number of para-hydroxylation sites is 1. The Kier molecular flexibility index (Phi) is 4.24. The number of aryl methyl sites for hydroxylation is 2. The highest BCUT2D eigenvalue weighted by molar-refractivity contribution is 6.07. The van der Waals surface area contributed by atoms with Gasteiger partial charge in [-0.2, -0.15) is 0 Å². The number of esters is 1. The van der Waals surface area contributed by atoms with Gasteiger partial charge >= 0.3 is 5.97 Å². The summed E-state index contributed by atoms with van der Waals surface area (Å²) in [7, 11) is 0. The van der Waals surface area contributed by atoms with E-state index in [1.807, 2.05) is 50.2 Å². The van der Waals surface area contributed by atoms with E-state index in [1.165, 1.54) is 0 Å². The van der Waals surface area contributed by atoms with Crippen molar-refractivity contribution >= 4 is 39.5 Å². The van der Waals surface area contributed by atoms with E-state index in [-0.39, 0.29) is 12.4 Å². The summed E-state index contributed by atoms with van der Waals surface area (Å²) in [6.07, 6.45) is 0. The number of furan rings is 1. The van der Waals surface area contributed by atoms with Gasteiger partial charge in [-0.05, 0) is 56.2 Å². The fourth-order valence-electron chi connectivity index (χ4n) is 3.15. The molecule has 4 rings (SSSR count). The second kappa shape index (κ2) is 6.72. The Bertz CT molecular complexity index is 1140. The van der Waals surface area contributed by atoms with Crippen LogP contribution in [-0.4, -0.2) is 22.5 Å². The Hall–Kier alpha value is -3.41. The first kappa shape index (κ1) is 17.0. The molecule has 4 aromatic rings. The average molecular weight is 361 g/mol. The lowest BCUT2D eigenvalue weighted by Gasteiger charge is -2.09. The predicted molar refractivity (Wildman–Crippen MR) is 104 cm³/mol. The van der Waals surface area contributed by atoms with Crippen LogP contribution < -0.4 is 5.32 Å². The fraction of sp³-hybridized carbons (Fsp3) is 0.190. The maximum atomic E-state index is 12.3. The van der Waals surface area contributed by atoms with Crippen molar-refractivity contribution < 1.29 is 13.9 Å². The highest BCUT2D eigenvalue weighted by Gasteiger charge is 2.20. The number of carbonyl (C=O) groups excluding carboxylic acids is 1. The van der Waals surface area contributed by atoms with Crippen molar-refractivity contribution in [2.75, 3.05) is 11.9 Å². The van der Waals surface area contributed by atoms with Gasteiger partial charge < -0.3 is 14.5 Å². The summed E-state index contributed by atoms with van der Waals surface area (Å²) in [5, 5.41) is 4.10. The third-order valence-corrected chi connectivity index (χ3v) is 4.16. The SMILES string of the molecule is CCOC(=O)c1nc(Nc2cc(C)cc(C)c2)c2oc3ccccc3c2n1.